The van der Waals surface area contributed by atoms with Gasteiger partial charge in [0.25, 0.3) is 5.91 Å². The van der Waals surface area contributed by atoms with Crippen molar-refractivity contribution in [3.05, 3.63) is 53.4 Å². The van der Waals surface area contributed by atoms with E-state index in [1.54, 1.807) is 6.20 Å². The van der Waals surface area contributed by atoms with Gasteiger partial charge in [0.2, 0.25) is 0 Å². The Labute approximate surface area is 113 Å². The van der Waals surface area contributed by atoms with E-state index < -0.39 is 5.91 Å². The molecule has 0 radical (unpaired) electrons. The second-order valence-corrected chi connectivity index (χ2v) is 4.33. The van der Waals surface area contributed by atoms with Crippen LogP contribution in [0.1, 0.15) is 10.4 Å². The lowest BCUT2D eigenvalue weighted by atomic mass is 10.2. The maximum atomic E-state index is 11.2. The molecule has 0 spiro atoms. The molecule has 3 aromatic rings. The zero-order chi connectivity index (χ0) is 13.4. The lowest BCUT2D eigenvalue weighted by molar-refractivity contribution is 0.100. The first-order chi connectivity index (χ1) is 9.18. The number of amides is 1. The Bertz CT molecular complexity index is 776. The molecular formula is C13H9ClN4O. The fourth-order valence-electron chi connectivity index (χ4n) is 1.94. The zero-order valence-corrected chi connectivity index (χ0v) is 10.5. The Morgan fingerprint density at radius 2 is 2.11 bits per heavy atom. The first-order valence-corrected chi connectivity index (χ1v) is 5.93. The fourth-order valence-corrected chi connectivity index (χ4v) is 2.22. The minimum absolute atomic E-state index is 0.197. The highest BCUT2D eigenvalue weighted by molar-refractivity contribution is 6.33. The van der Waals surface area contributed by atoms with Crippen molar-refractivity contribution in [2.45, 2.75) is 0 Å². The lowest BCUT2D eigenvalue weighted by Gasteiger charge is -2.07. The highest BCUT2D eigenvalue weighted by Crippen LogP contribution is 2.25. The van der Waals surface area contributed by atoms with Gasteiger partial charge in [-0.3, -0.25) is 9.78 Å². The van der Waals surface area contributed by atoms with Gasteiger partial charge in [0, 0.05) is 11.6 Å². The topological polar surface area (TPSA) is 73.8 Å². The molecule has 6 heteroatoms. The average Bonchev–Trinajstić information content (AvgIpc) is 2.80. The number of fused-ring (bicyclic) bond motifs is 1. The summed E-state index contributed by atoms with van der Waals surface area (Å²) in [7, 11) is 0. The maximum absolute atomic E-state index is 11.2. The molecule has 0 aliphatic heterocycles. The minimum atomic E-state index is -0.602. The van der Waals surface area contributed by atoms with Crippen molar-refractivity contribution in [3.8, 4) is 5.69 Å². The van der Waals surface area contributed by atoms with Gasteiger partial charge in [-0.25, -0.2) is 4.68 Å². The molecule has 0 aliphatic carbocycles. The van der Waals surface area contributed by atoms with Crippen LogP contribution in [0.3, 0.4) is 0 Å². The van der Waals surface area contributed by atoms with E-state index in [9.17, 15) is 4.79 Å². The first kappa shape index (κ1) is 11.7. The summed E-state index contributed by atoms with van der Waals surface area (Å²) in [6.07, 6.45) is 3.07. The van der Waals surface area contributed by atoms with Gasteiger partial charge in [0.1, 0.15) is 5.15 Å². The molecular weight excluding hydrogens is 264 g/mol. The number of carbonyl (C=O) groups excluding carboxylic acids is 1. The summed E-state index contributed by atoms with van der Waals surface area (Å²) < 4.78 is 1.48. The molecule has 0 aliphatic rings. The van der Waals surface area contributed by atoms with Crippen molar-refractivity contribution in [2.24, 2.45) is 5.73 Å². The van der Waals surface area contributed by atoms with E-state index in [2.05, 4.69) is 10.1 Å². The van der Waals surface area contributed by atoms with Gasteiger partial charge in [-0.15, -0.1) is 0 Å². The number of nitrogens with zero attached hydrogens (tertiary/aromatic N) is 3. The predicted molar refractivity (Wildman–Crippen MR) is 72.4 cm³/mol. The molecule has 0 bridgehead atoms. The van der Waals surface area contributed by atoms with Crippen LogP contribution in [0, 0.1) is 0 Å². The minimum Gasteiger partial charge on any atom is -0.365 e. The number of aromatic nitrogens is 3. The van der Waals surface area contributed by atoms with E-state index in [0.717, 1.165) is 16.6 Å². The molecule has 1 aromatic carbocycles. The normalized spacial score (nSPS) is 10.8. The molecule has 2 aromatic heterocycles. The lowest BCUT2D eigenvalue weighted by Crippen LogP contribution is -2.10. The number of benzene rings is 1. The molecule has 3 rings (SSSR count). The summed E-state index contributed by atoms with van der Waals surface area (Å²) >= 11 is 6.13. The van der Waals surface area contributed by atoms with Crippen LogP contribution in [-0.2, 0) is 0 Å². The number of hydrogen-bond acceptors (Lipinski definition) is 3. The Morgan fingerprint density at radius 1 is 1.26 bits per heavy atom. The van der Waals surface area contributed by atoms with Crippen molar-refractivity contribution in [2.75, 3.05) is 0 Å². The van der Waals surface area contributed by atoms with Gasteiger partial charge < -0.3 is 5.73 Å². The quantitative estimate of drug-likeness (QED) is 0.777. The molecule has 0 atom stereocenters. The van der Waals surface area contributed by atoms with Crippen LogP contribution < -0.4 is 5.73 Å². The van der Waals surface area contributed by atoms with Crippen molar-refractivity contribution in [1.29, 1.82) is 0 Å². The number of carbonyl (C=O) groups is 1. The zero-order valence-electron chi connectivity index (χ0n) is 9.75. The first-order valence-electron chi connectivity index (χ1n) is 5.56. The molecule has 5 nitrogen and oxygen atoms in total. The summed E-state index contributed by atoms with van der Waals surface area (Å²) in [5, 5.41) is 5.21. The molecule has 0 saturated heterocycles. The monoisotopic (exact) mass is 272 g/mol. The summed E-state index contributed by atoms with van der Waals surface area (Å²) in [4.78, 5) is 15.5. The fraction of sp³-hybridized carbons (Fsp3) is 0. The average molecular weight is 273 g/mol. The van der Waals surface area contributed by atoms with E-state index in [4.69, 9.17) is 17.3 Å². The standard InChI is InChI=1S/C13H9ClN4O/c14-12-9(13(15)19)7-17-18(12)11-5-1-4-10-8(11)3-2-6-16-10/h1-7H,(H2,15,19). The number of rotatable bonds is 2. The van der Waals surface area contributed by atoms with E-state index in [0.29, 0.717) is 0 Å². The SMILES string of the molecule is NC(=O)c1cnn(-c2cccc3ncccc23)c1Cl. The molecule has 2 N–H and O–H groups in total. The molecule has 2 heterocycles. The van der Waals surface area contributed by atoms with Gasteiger partial charge in [0.05, 0.1) is 23.0 Å². The van der Waals surface area contributed by atoms with Gasteiger partial charge in [0.15, 0.2) is 0 Å². The molecule has 1 amide bonds. The van der Waals surface area contributed by atoms with Gasteiger partial charge in [-0.2, -0.15) is 5.10 Å². The van der Waals surface area contributed by atoms with Crippen LogP contribution in [0.15, 0.2) is 42.7 Å². The molecule has 0 fully saturated rings. The van der Waals surface area contributed by atoms with Crippen molar-refractivity contribution >= 4 is 28.4 Å². The summed E-state index contributed by atoms with van der Waals surface area (Å²) in [6, 6.07) is 9.35. The molecule has 19 heavy (non-hydrogen) atoms. The summed E-state index contributed by atoms with van der Waals surface area (Å²) in [5.41, 5.74) is 7.01. The third-order valence-corrected chi connectivity index (χ3v) is 3.19. The number of hydrogen-bond donors (Lipinski definition) is 1. The molecule has 94 valence electrons. The van der Waals surface area contributed by atoms with Crippen LogP contribution in [-0.4, -0.2) is 20.7 Å². The van der Waals surface area contributed by atoms with E-state index >= 15 is 0 Å². The third-order valence-electron chi connectivity index (χ3n) is 2.83. The number of halogens is 1. The Kier molecular flexibility index (Phi) is 2.68. The van der Waals surface area contributed by atoms with Crippen molar-refractivity contribution in [1.82, 2.24) is 14.8 Å². The number of primary amides is 1. The van der Waals surface area contributed by atoms with E-state index in [-0.39, 0.29) is 10.7 Å². The summed E-state index contributed by atoms with van der Waals surface area (Å²) in [5.74, 6) is -0.602. The Balaban J connectivity index is 2.28. The molecule has 0 saturated carbocycles. The predicted octanol–water partition coefficient (Wildman–Crippen LogP) is 2.17. The highest BCUT2D eigenvalue weighted by atomic mass is 35.5. The van der Waals surface area contributed by atoms with Crippen LogP contribution in [0.4, 0.5) is 0 Å². The largest absolute Gasteiger partial charge is 0.365 e. The second-order valence-electron chi connectivity index (χ2n) is 3.97. The maximum Gasteiger partial charge on any atom is 0.253 e. The van der Waals surface area contributed by atoms with Crippen LogP contribution >= 0.6 is 11.6 Å². The number of nitrogens with two attached hydrogens (primary N) is 1. The number of pyridine rings is 1. The third kappa shape index (κ3) is 1.84. The summed E-state index contributed by atoms with van der Waals surface area (Å²) in [6.45, 7) is 0. The van der Waals surface area contributed by atoms with Gasteiger partial charge in [-0.05, 0) is 24.3 Å². The van der Waals surface area contributed by atoms with Gasteiger partial charge >= 0.3 is 0 Å². The Hall–Kier alpha value is -2.40. The van der Waals surface area contributed by atoms with Crippen molar-refractivity contribution < 1.29 is 4.79 Å². The van der Waals surface area contributed by atoms with Crippen LogP contribution in [0.5, 0.6) is 0 Å². The second kappa shape index (κ2) is 4.37. The smallest absolute Gasteiger partial charge is 0.253 e. The van der Waals surface area contributed by atoms with Gasteiger partial charge in [-0.1, -0.05) is 17.7 Å². The highest BCUT2D eigenvalue weighted by Gasteiger charge is 2.15. The Morgan fingerprint density at radius 3 is 2.84 bits per heavy atom. The van der Waals surface area contributed by atoms with Crippen LogP contribution in [0.25, 0.3) is 16.6 Å². The van der Waals surface area contributed by atoms with Crippen molar-refractivity contribution in [3.63, 3.8) is 0 Å². The van der Waals surface area contributed by atoms with E-state index in [1.807, 2.05) is 30.3 Å². The molecule has 0 unspecified atom stereocenters. The van der Waals surface area contributed by atoms with E-state index in [1.165, 1.54) is 10.9 Å². The van der Waals surface area contributed by atoms with Crippen LogP contribution in [0.2, 0.25) is 5.15 Å².